The van der Waals surface area contributed by atoms with Crippen LogP contribution in [0, 0.1) is 5.92 Å². The Balaban J connectivity index is 1.97. The number of benzene rings is 1. The first-order valence-corrected chi connectivity index (χ1v) is 6.76. The zero-order chi connectivity index (χ0) is 13.0. The van der Waals surface area contributed by atoms with Crippen molar-refractivity contribution in [2.75, 3.05) is 20.3 Å². The molecule has 0 spiro atoms. The van der Waals surface area contributed by atoms with E-state index in [0.29, 0.717) is 25.2 Å². The van der Waals surface area contributed by atoms with Gasteiger partial charge in [-0.3, -0.25) is 0 Å². The van der Waals surface area contributed by atoms with Crippen LogP contribution < -0.4 is 14.8 Å². The van der Waals surface area contributed by atoms with Gasteiger partial charge in [-0.2, -0.15) is 0 Å². The second kappa shape index (κ2) is 6.10. The van der Waals surface area contributed by atoms with Crippen molar-refractivity contribution in [2.24, 2.45) is 5.92 Å². The highest BCUT2D eigenvalue weighted by atomic mass is 16.6. The number of aryl methyl sites for hydroxylation is 1. The van der Waals surface area contributed by atoms with Gasteiger partial charge in [0.05, 0.1) is 0 Å². The lowest BCUT2D eigenvalue weighted by molar-refractivity contribution is 0.171. The fourth-order valence-electron chi connectivity index (χ4n) is 2.38. The van der Waals surface area contributed by atoms with Crippen molar-refractivity contribution in [2.45, 2.75) is 32.7 Å². The summed E-state index contributed by atoms with van der Waals surface area (Å²) in [6.07, 6.45) is 2.22. The Labute approximate surface area is 109 Å². The topological polar surface area (TPSA) is 30.5 Å². The average Bonchev–Trinajstić information content (AvgIpc) is 2.39. The van der Waals surface area contributed by atoms with Crippen molar-refractivity contribution in [1.82, 2.24) is 5.32 Å². The molecule has 1 unspecified atom stereocenters. The van der Waals surface area contributed by atoms with Crippen LogP contribution in [0.15, 0.2) is 18.2 Å². The molecule has 1 atom stereocenters. The molecule has 100 valence electrons. The van der Waals surface area contributed by atoms with Crippen LogP contribution in [0.5, 0.6) is 11.5 Å². The van der Waals surface area contributed by atoms with E-state index in [1.165, 1.54) is 5.56 Å². The minimum absolute atomic E-state index is 0.568. The van der Waals surface area contributed by atoms with Crippen LogP contribution in [0.3, 0.4) is 0 Å². The summed E-state index contributed by atoms with van der Waals surface area (Å²) < 4.78 is 11.1. The van der Waals surface area contributed by atoms with Crippen molar-refractivity contribution >= 4 is 0 Å². The monoisotopic (exact) mass is 249 g/mol. The highest BCUT2D eigenvalue weighted by molar-refractivity contribution is 5.43. The molecular weight excluding hydrogens is 226 g/mol. The predicted molar refractivity (Wildman–Crippen MR) is 73.4 cm³/mol. The zero-order valence-electron chi connectivity index (χ0n) is 11.5. The van der Waals surface area contributed by atoms with E-state index in [4.69, 9.17) is 9.47 Å². The molecule has 1 aromatic carbocycles. The molecule has 0 bridgehead atoms. The van der Waals surface area contributed by atoms with Gasteiger partial charge in [-0.25, -0.2) is 0 Å². The molecule has 0 radical (unpaired) electrons. The Morgan fingerprint density at radius 1 is 1.17 bits per heavy atom. The standard InChI is InChI=1S/C15H23NO2/c1-11(2)13(16-3)6-4-12-5-7-14-15(10-12)18-9-8-17-14/h5,7,10-11,13,16H,4,6,8-9H2,1-3H3. The minimum Gasteiger partial charge on any atom is -0.486 e. The van der Waals surface area contributed by atoms with Gasteiger partial charge in [0.1, 0.15) is 13.2 Å². The molecular formula is C15H23NO2. The van der Waals surface area contributed by atoms with E-state index in [2.05, 4.69) is 31.3 Å². The summed E-state index contributed by atoms with van der Waals surface area (Å²) in [6, 6.07) is 6.84. The number of ether oxygens (including phenoxy) is 2. The molecule has 0 aliphatic carbocycles. The van der Waals surface area contributed by atoms with Gasteiger partial charge in [-0.15, -0.1) is 0 Å². The van der Waals surface area contributed by atoms with E-state index in [1.807, 2.05) is 13.1 Å². The molecule has 2 rings (SSSR count). The molecule has 0 saturated heterocycles. The summed E-state index contributed by atoms with van der Waals surface area (Å²) in [7, 11) is 2.04. The first kappa shape index (κ1) is 13.2. The van der Waals surface area contributed by atoms with Gasteiger partial charge in [0.2, 0.25) is 0 Å². The van der Waals surface area contributed by atoms with Crippen molar-refractivity contribution in [3.63, 3.8) is 0 Å². The molecule has 1 aliphatic rings. The summed E-state index contributed by atoms with van der Waals surface area (Å²) in [5, 5.41) is 3.38. The van der Waals surface area contributed by atoms with Gasteiger partial charge in [0.15, 0.2) is 11.5 Å². The molecule has 0 fully saturated rings. The van der Waals surface area contributed by atoms with Gasteiger partial charge in [0, 0.05) is 6.04 Å². The molecule has 1 N–H and O–H groups in total. The van der Waals surface area contributed by atoms with Crippen LogP contribution in [0.4, 0.5) is 0 Å². The summed E-state index contributed by atoms with van der Waals surface area (Å²) in [5.41, 5.74) is 1.32. The van der Waals surface area contributed by atoms with Crippen molar-refractivity contribution in [3.05, 3.63) is 23.8 Å². The fraction of sp³-hybridized carbons (Fsp3) is 0.600. The predicted octanol–water partition coefficient (Wildman–Crippen LogP) is 2.63. The van der Waals surface area contributed by atoms with Crippen LogP contribution in [-0.2, 0) is 6.42 Å². The molecule has 3 heteroatoms. The van der Waals surface area contributed by atoms with E-state index in [9.17, 15) is 0 Å². The maximum atomic E-state index is 5.60. The Kier molecular flexibility index (Phi) is 4.48. The molecule has 0 aromatic heterocycles. The number of hydrogen-bond acceptors (Lipinski definition) is 3. The number of rotatable bonds is 5. The summed E-state index contributed by atoms with van der Waals surface area (Å²) in [5.74, 6) is 2.43. The van der Waals surface area contributed by atoms with Crippen molar-refractivity contribution in [3.8, 4) is 11.5 Å². The van der Waals surface area contributed by atoms with E-state index in [1.54, 1.807) is 0 Å². The zero-order valence-corrected chi connectivity index (χ0v) is 11.5. The summed E-state index contributed by atoms with van der Waals surface area (Å²) >= 11 is 0. The first-order chi connectivity index (χ1) is 8.70. The van der Waals surface area contributed by atoms with Crippen LogP contribution in [0.2, 0.25) is 0 Å². The van der Waals surface area contributed by atoms with Crippen molar-refractivity contribution in [1.29, 1.82) is 0 Å². The lowest BCUT2D eigenvalue weighted by atomic mass is 9.97. The fourth-order valence-corrected chi connectivity index (χ4v) is 2.38. The molecule has 0 saturated carbocycles. The van der Waals surface area contributed by atoms with Crippen LogP contribution >= 0.6 is 0 Å². The highest BCUT2D eigenvalue weighted by Gasteiger charge is 2.14. The van der Waals surface area contributed by atoms with Gasteiger partial charge in [-0.1, -0.05) is 19.9 Å². The molecule has 1 aliphatic heterocycles. The van der Waals surface area contributed by atoms with E-state index >= 15 is 0 Å². The van der Waals surface area contributed by atoms with Gasteiger partial charge >= 0.3 is 0 Å². The van der Waals surface area contributed by atoms with E-state index in [-0.39, 0.29) is 0 Å². The average molecular weight is 249 g/mol. The molecule has 3 nitrogen and oxygen atoms in total. The number of hydrogen-bond donors (Lipinski definition) is 1. The van der Waals surface area contributed by atoms with E-state index < -0.39 is 0 Å². The SMILES string of the molecule is CNC(CCc1ccc2c(c1)OCCO2)C(C)C. The Morgan fingerprint density at radius 2 is 1.89 bits per heavy atom. The van der Waals surface area contributed by atoms with Crippen LogP contribution in [-0.4, -0.2) is 26.3 Å². The normalized spacial score (nSPS) is 15.8. The van der Waals surface area contributed by atoms with Crippen LogP contribution in [0.1, 0.15) is 25.8 Å². The smallest absolute Gasteiger partial charge is 0.161 e. The number of fused-ring (bicyclic) bond motifs is 1. The second-order valence-electron chi connectivity index (χ2n) is 5.16. The lowest BCUT2D eigenvalue weighted by Gasteiger charge is -2.21. The molecule has 1 heterocycles. The van der Waals surface area contributed by atoms with Gasteiger partial charge < -0.3 is 14.8 Å². The third-order valence-corrected chi connectivity index (χ3v) is 3.53. The maximum absolute atomic E-state index is 5.60. The Hall–Kier alpha value is -1.22. The molecule has 1 aromatic rings. The second-order valence-corrected chi connectivity index (χ2v) is 5.16. The quantitative estimate of drug-likeness (QED) is 0.870. The lowest BCUT2D eigenvalue weighted by Crippen LogP contribution is -2.31. The largest absolute Gasteiger partial charge is 0.486 e. The third kappa shape index (κ3) is 3.16. The molecule has 18 heavy (non-hydrogen) atoms. The Morgan fingerprint density at radius 3 is 2.56 bits per heavy atom. The first-order valence-electron chi connectivity index (χ1n) is 6.76. The Bertz CT molecular complexity index is 390. The maximum Gasteiger partial charge on any atom is 0.161 e. The number of nitrogens with one attached hydrogen (secondary N) is 1. The highest BCUT2D eigenvalue weighted by Crippen LogP contribution is 2.31. The summed E-state index contributed by atoms with van der Waals surface area (Å²) in [4.78, 5) is 0. The summed E-state index contributed by atoms with van der Waals surface area (Å²) in [6.45, 7) is 5.82. The third-order valence-electron chi connectivity index (χ3n) is 3.53. The minimum atomic E-state index is 0.568. The van der Waals surface area contributed by atoms with Gasteiger partial charge in [0.25, 0.3) is 0 Å². The van der Waals surface area contributed by atoms with Crippen molar-refractivity contribution < 1.29 is 9.47 Å². The van der Waals surface area contributed by atoms with Crippen LogP contribution in [0.25, 0.3) is 0 Å². The molecule has 0 amide bonds. The van der Waals surface area contributed by atoms with Gasteiger partial charge in [-0.05, 0) is 43.5 Å². The van der Waals surface area contributed by atoms with E-state index in [0.717, 1.165) is 24.3 Å².